The maximum atomic E-state index is 12.9. The third kappa shape index (κ3) is 3.27. The van der Waals surface area contributed by atoms with E-state index < -0.39 is 6.04 Å². The number of hydrogen-bond acceptors (Lipinski definition) is 6. The van der Waals surface area contributed by atoms with Gasteiger partial charge in [0.05, 0.1) is 6.42 Å². The van der Waals surface area contributed by atoms with Gasteiger partial charge < -0.3 is 14.8 Å². The van der Waals surface area contributed by atoms with Crippen molar-refractivity contribution in [3.8, 4) is 22.9 Å². The number of aromatic nitrogens is 3. The Morgan fingerprint density at radius 1 is 1.10 bits per heavy atom. The van der Waals surface area contributed by atoms with Gasteiger partial charge in [0.2, 0.25) is 17.8 Å². The number of nitrogens with zero attached hydrogens (tertiary/aromatic N) is 3. The summed E-state index contributed by atoms with van der Waals surface area (Å²) in [4.78, 5) is 29.4. The number of hydrogen-bond donors (Lipinski definition) is 2. The molecule has 3 aromatic rings. The van der Waals surface area contributed by atoms with Gasteiger partial charge in [-0.25, -0.2) is 4.68 Å². The highest BCUT2D eigenvalue weighted by molar-refractivity contribution is 6.01. The van der Waals surface area contributed by atoms with E-state index in [1.54, 1.807) is 18.2 Å². The standard InChI is InChI=1S/C20H17N5O4/c26-17-11-14(19(27)21-13-6-7-15-16(10-13)29-9-8-28-15)25-20(22-17)23-18(24-25)12-4-2-1-3-5-12/h1-7,10,14H,8-9,11H2,(H,21,27)(H,22,23,24,26). The molecule has 9 nitrogen and oxygen atoms in total. The molecule has 0 aliphatic carbocycles. The molecule has 1 unspecified atom stereocenters. The van der Waals surface area contributed by atoms with E-state index in [9.17, 15) is 9.59 Å². The summed E-state index contributed by atoms with van der Waals surface area (Å²) in [6, 6.07) is 13.7. The highest BCUT2D eigenvalue weighted by atomic mass is 16.6. The smallest absolute Gasteiger partial charge is 0.249 e. The fourth-order valence-electron chi connectivity index (χ4n) is 3.32. The molecular formula is C20H17N5O4. The maximum absolute atomic E-state index is 12.9. The Bertz CT molecular complexity index is 1100. The zero-order valence-electron chi connectivity index (χ0n) is 15.3. The number of nitrogens with one attached hydrogen (secondary N) is 2. The van der Waals surface area contributed by atoms with E-state index in [0.717, 1.165) is 5.56 Å². The SMILES string of the molecule is O=C1CC(C(=O)Nc2ccc3c(c2)OCCO3)n2nc(-c3ccccc3)nc2N1. The minimum absolute atomic E-state index is 0.0268. The Kier molecular flexibility index (Phi) is 4.12. The average Bonchev–Trinajstić information content (AvgIpc) is 3.17. The summed E-state index contributed by atoms with van der Waals surface area (Å²) in [5.41, 5.74) is 1.35. The molecule has 2 amide bonds. The molecule has 2 aromatic carbocycles. The van der Waals surface area contributed by atoms with Gasteiger partial charge in [0.25, 0.3) is 0 Å². The lowest BCUT2D eigenvalue weighted by Gasteiger charge is -2.23. The van der Waals surface area contributed by atoms with Crippen LogP contribution in [0.15, 0.2) is 48.5 Å². The van der Waals surface area contributed by atoms with Crippen molar-refractivity contribution in [3.63, 3.8) is 0 Å². The van der Waals surface area contributed by atoms with Crippen LogP contribution in [0.3, 0.4) is 0 Å². The number of anilines is 2. The normalized spacial score (nSPS) is 17.2. The zero-order valence-corrected chi connectivity index (χ0v) is 15.3. The van der Waals surface area contributed by atoms with Crippen LogP contribution in [0.1, 0.15) is 12.5 Å². The minimum Gasteiger partial charge on any atom is -0.486 e. The van der Waals surface area contributed by atoms with Gasteiger partial charge in [0, 0.05) is 17.3 Å². The van der Waals surface area contributed by atoms with Gasteiger partial charge in [-0.05, 0) is 12.1 Å². The summed E-state index contributed by atoms with van der Waals surface area (Å²) in [6.45, 7) is 0.951. The van der Waals surface area contributed by atoms with Crippen LogP contribution in [-0.4, -0.2) is 39.8 Å². The molecule has 29 heavy (non-hydrogen) atoms. The van der Waals surface area contributed by atoms with Crippen molar-refractivity contribution in [2.45, 2.75) is 12.5 Å². The predicted octanol–water partition coefficient (Wildman–Crippen LogP) is 2.24. The van der Waals surface area contributed by atoms with E-state index in [4.69, 9.17) is 9.47 Å². The lowest BCUT2D eigenvalue weighted by atomic mass is 10.1. The molecule has 0 radical (unpaired) electrons. The molecule has 146 valence electrons. The molecule has 1 atom stereocenters. The Balaban J connectivity index is 1.42. The first-order chi connectivity index (χ1) is 14.2. The number of fused-ring (bicyclic) bond motifs is 2. The van der Waals surface area contributed by atoms with Gasteiger partial charge >= 0.3 is 0 Å². The van der Waals surface area contributed by atoms with Crippen molar-refractivity contribution >= 4 is 23.5 Å². The van der Waals surface area contributed by atoms with Crippen molar-refractivity contribution < 1.29 is 19.1 Å². The van der Waals surface area contributed by atoms with Crippen molar-refractivity contribution in [2.75, 3.05) is 23.8 Å². The number of carbonyl (C=O) groups is 2. The Morgan fingerprint density at radius 3 is 2.72 bits per heavy atom. The minimum atomic E-state index is -0.808. The number of amides is 2. The first kappa shape index (κ1) is 17.2. The van der Waals surface area contributed by atoms with Gasteiger partial charge in [-0.1, -0.05) is 30.3 Å². The van der Waals surface area contributed by atoms with E-state index in [0.29, 0.717) is 36.2 Å². The van der Waals surface area contributed by atoms with E-state index in [1.807, 2.05) is 30.3 Å². The molecular weight excluding hydrogens is 374 g/mol. The number of rotatable bonds is 3. The highest BCUT2D eigenvalue weighted by Gasteiger charge is 2.33. The predicted molar refractivity (Wildman–Crippen MR) is 104 cm³/mol. The van der Waals surface area contributed by atoms with Crippen LogP contribution in [0.5, 0.6) is 11.5 Å². The molecule has 0 saturated heterocycles. The molecule has 5 rings (SSSR count). The second-order valence-corrected chi connectivity index (χ2v) is 6.69. The van der Waals surface area contributed by atoms with Crippen LogP contribution in [0, 0.1) is 0 Å². The van der Waals surface area contributed by atoms with Crippen molar-refractivity contribution in [3.05, 3.63) is 48.5 Å². The van der Waals surface area contributed by atoms with Gasteiger partial charge in [-0.2, -0.15) is 4.98 Å². The summed E-state index contributed by atoms with van der Waals surface area (Å²) in [5.74, 6) is 1.26. The van der Waals surface area contributed by atoms with Crippen LogP contribution < -0.4 is 20.1 Å². The van der Waals surface area contributed by atoms with Gasteiger partial charge in [0.15, 0.2) is 17.3 Å². The monoisotopic (exact) mass is 391 g/mol. The van der Waals surface area contributed by atoms with E-state index in [1.165, 1.54) is 4.68 Å². The number of ether oxygens (including phenoxy) is 2. The molecule has 0 saturated carbocycles. The second kappa shape index (κ2) is 6.93. The Labute approximate surface area is 165 Å². The molecule has 0 fully saturated rings. The summed E-state index contributed by atoms with van der Waals surface area (Å²) in [7, 11) is 0. The largest absolute Gasteiger partial charge is 0.486 e. The lowest BCUT2D eigenvalue weighted by molar-refractivity contribution is -0.125. The summed E-state index contributed by atoms with van der Waals surface area (Å²) in [6.07, 6.45) is -0.0268. The molecule has 2 N–H and O–H groups in total. The third-order valence-electron chi connectivity index (χ3n) is 4.70. The zero-order chi connectivity index (χ0) is 19.8. The first-order valence-electron chi connectivity index (χ1n) is 9.20. The highest BCUT2D eigenvalue weighted by Crippen LogP contribution is 2.33. The van der Waals surface area contributed by atoms with E-state index in [-0.39, 0.29) is 24.2 Å². The molecule has 2 aliphatic rings. The van der Waals surface area contributed by atoms with E-state index >= 15 is 0 Å². The molecule has 1 aromatic heterocycles. The van der Waals surface area contributed by atoms with Crippen molar-refractivity contribution in [1.82, 2.24) is 14.8 Å². The molecule has 2 aliphatic heterocycles. The fraction of sp³-hybridized carbons (Fsp3) is 0.200. The number of benzene rings is 2. The lowest BCUT2D eigenvalue weighted by Crippen LogP contribution is -2.36. The first-order valence-corrected chi connectivity index (χ1v) is 9.20. The Morgan fingerprint density at radius 2 is 1.90 bits per heavy atom. The third-order valence-corrected chi connectivity index (χ3v) is 4.70. The molecule has 0 spiro atoms. The van der Waals surface area contributed by atoms with Gasteiger partial charge in [-0.15, -0.1) is 5.10 Å². The van der Waals surface area contributed by atoms with Crippen LogP contribution in [0.4, 0.5) is 11.6 Å². The fourth-order valence-corrected chi connectivity index (χ4v) is 3.32. The summed E-state index contributed by atoms with van der Waals surface area (Å²) >= 11 is 0. The van der Waals surface area contributed by atoms with Crippen molar-refractivity contribution in [2.24, 2.45) is 0 Å². The molecule has 3 heterocycles. The maximum Gasteiger partial charge on any atom is 0.249 e. The molecule has 0 bridgehead atoms. The number of carbonyl (C=O) groups excluding carboxylic acids is 2. The average molecular weight is 391 g/mol. The van der Waals surface area contributed by atoms with Gasteiger partial charge in [0.1, 0.15) is 19.3 Å². The Hall–Kier alpha value is -3.88. The van der Waals surface area contributed by atoms with Crippen LogP contribution in [0.25, 0.3) is 11.4 Å². The van der Waals surface area contributed by atoms with Crippen molar-refractivity contribution in [1.29, 1.82) is 0 Å². The quantitative estimate of drug-likeness (QED) is 0.709. The van der Waals surface area contributed by atoms with Crippen LogP contribution >= 0.6 is 0 Å². The second-order valence-electron chi connectivity index (χ2n) is 6.69. The summed E-state index contributed by atoms with van der Waals surface area (Å²) < 4.78 is 12.5. The summed E-state index contributed by atoms with van der Waals surface area (Å²) in [5, 5.41) is 9.96. The van der Waals surface area contributed by atoms with Gasteiger partial charge in [-0.3, -0.25) is 14.9 Å². The van der Waals surface area contributed by atoms with Crippen LogP contribution in [0.2, 0.25) is 0 Å². The molecule has 9 heteroatoms. The van der Waals surface area contributed by atoms with E-state index in [2.05, 4.69) is 20.7 Å². The van der Waals surface area contributed by atoms with Crippen LogP contribution in [-0.2, 0) is 9.59 Å². The topological polar surface area (TPSA) is 107 Å².